The largest absolute Gasteiger partial charge is 0.444 e. The molecule has 0 saturated carbocycles. The summed E-state index contributed by atoms with van der Waals surface area (Å²) in [5.41, 5.74) is 2.80. The van der Waals surface area contributed by atoms with E-state index in [0.29, 0.717) is 13.1 Å². The van der Waals surface area contributed by atoms with Crippen LogP contribution in [-0.2, 0) is 11.3 Å². The minimum atomic E-state index is -0.476. The number of aromatic nitrogens is 4. The molecule has 0 radical (unpaired) electrons. The van der Waals surface area contributed by atoms with Gasteiger partial charge >= 0.3 is 6.09 Å². The summed E-state index contributed by atoms with van der Waals surface area (Å²) < 4.78 is 8.53. The number of piperazine rings is 1. The maximum absolute atomic E-state index is 12.4. The number of ether oxygens (including phenoxy) is 1. The lowest BCUT2D eigenvalue weighted by Crippen LogP contribution is -2.50. The minimum absolute atomic E-state index is 0.239. The first-order valence-electron chi connectivity index (χ1n) is 11.7. The van der Waals surface area contributed by atoms with Crippen LogP contribution in [0.15, 0.2) is 30.6 Å². The summed E-state index contributed by atoms with van der Waals surface area (Å²) in [4.78, 5) is 28.2. The lowest BCUT2D eigenvalue weighted by molar-refractivity contribution is 0.0240. The van der Waals surface area contributed by atoms with Crippen molar-refractivity contribution in [2.45, 2.75) is 45.8 Å². The van der Waals surface area contributed by atoms with E-state index >= 15 is 0 Å². The van der Waals surface area contributed by atoms with Crippen molar-refractivity contribution in [3.8, 4) is 0 Å². The molecule has 0 spiro atoms. The van der Waals surface area contributed by atoms with Crippen LogP contribution in [0.1, 0.15) is 44.9 Å². The van der Waals surface area contributed by atoms with Gasteiger partial charge < -0.3 is 19.4 Å². The molecule has 0 aromatic carbocycles. The third kappa shape index (κ3) is 4.51. The number of fused-ring (bicyclic) bond motifs is 2. The Morgan fingerprint density at radius 2 is 1.85 bits per heavy atom. The number of anilines is 2. The molecule has 1 atom stereocenters. The van der Waals surface area contributed by atoms with E-state index in [4.69, 9.17) is 9.72 Å². The zero-order valence-corrected chi connectivity index (χ0v) is 22.2. The summed E-state index contributed by atoms with van der Waals surface area (Å²) in [5.74, 6) is 2.31. The third-order valence-electron chi connectivity index (χ3n) is 6.26. The number of rotatable bonds is 2. The molecule has 34 heavy (non-hydrogen) atoms. The molecule has 9 nitrogen and oxygen atoms in total. The Hall–Kier alpha value is -2.63. The molecule has 2 aliphatic rings. The van der Waals surface area contributed by atoms with Gasteiger partial charge in [0.25, 0.3) is 0 Å². The molecule has 1 unspecified atom stereocenters. The Morgan fingerprint density at radius 3 is 2.59 bits per heavy atom. The van der Waals surface area contributed by atoms with Gasteiger partial charge in [-0.3, -0.25) is 0 Å². The van der Waals surface area contributed by atoms with Crippen LogP contribution >= 0.6 is 22.6 Å². The Kier molecular flexibility index (Phi) is 6.03. The van der Waals surface area contributed by atoms with Crippen LogP contribution in [0.5, 0.6) is 0 Å². The number of hydrogen-bond acceptors (Lipinski definition) is 7. The lowest BCUT2D eigenvalue weighted by Gasteiger charge is -2.37. The van der Waals surface area contributed by atoms with Crippen LogP contribution in [0, 0.1) is 3.57 Å². The van der Waals surface area contributed by atoms with Gasteiger partial charge in [0.15, 0.2) is 5.65 Å². The standard InChI is InChI=1S/C24H30IN7O2/c1-16-13-31(20-8-6-18(25)22-26-15-27-32(20)22)14-17-5-7-19(28-21(16)17)29-9-11-30(12-10-29)23(33)34-24(2,3)4/h5-8,15-16H,9-14H2,1-4H3. The summed E-state index contributed by atoms with van der Waals surface area (Å²) >= 11 is 2.30. The third-order valence-corrected chi connectivity index (χ3v) is 7.10. The molecule has 1 amide bonds. The number of carbonyl (C=O) groups excluding carboxylic acids is 1. The summed E-state index contributed by atoms with van der Waals surface area (Å²) in [6.45, 7) is 12.3. The van der Waals surface area contributed by atoms with Crippen LogP contribution in [-0.4, -0.2) is 68.9 Å². The summed E-state index contributed by atoms with van der Waals surface area (Å²) in [6.07, 6.45) is 1.37. The molecule has 2 aliphatic heterocycles. The normalized spacial score (nSPS) is 18.9. The van der Waals surface area contributed by atoms with E-state index in [1.54, 1.807) is 11.2 Å². The fraction of sp³-hybridized carbons (Fsp3) is 0.500. The quantitative estimate of drug-likeness (QED) is 0.429. The van der Waals surface area contributed by atoms with E-state index in [9.17, 15) is 4.79 Å². The second-order valence-electron chi connectivity index (χ2n) is 9.98. The molecule has 5 rings (SSSR count). The summed E-state index contributed by atoms with van der Waals surface area (Å²) in [7, 11) is 0. The Balaban J connectivity index is 1.30. The number of hydrogen-bond donors (Lipinski definition) is 0. The van der Waals surface area contributed by atoms with Gasteiger partial charge in [0.2, 0.25) is 0 Å². The van der Waals surface area contributed by atoms with Crippen molar-refractivity contribution in [2.24, 2.45) is 0 Å². The highest BCUT2D eigenvalue weighted by molar-refractivity contribution is 14.1. The van der Waals surface area contributed by atoms with Gasteiger partial charge in [0.05, 0.1) is 9.26 Å². The first-order chi connectivity index (χ1) is 16.2. The van der Waals surface area contributed by atoms with Gasteiger partial charge in [-0.05, 0) is 67.1 Å². The van der Waals surface area contributed by atoms with Gasteiger partial charge in [-0.1, -0.05) is 13.0 Å². The van der Waals surface area contributed by atoms with E-state index in [2.05, 4.69) is 73.7 Å². The van der Waals surface area contributed by atoms with Crippen molar-refractivity contribution < 1.29 is 9.53 Å². The lowest BCUT2D eigenvalue weighted by atomic mass is 9.96. The first kappa shape index (κ1) is 23.1. The molecule has 180 valence electrons. The molecule has 0 bridgehead atoms. The number of amides is 1. The molecule has 1 fully saturated rings. The number of carbonyl (C=O) groups is 1. The number of halogens is 1. The summed E-state index contributed by atoms with van der Waals surface area (Å²) in [6, 6.07) is 8.52. The van der Waals surface area contributed by atoms with E-state index in [1.165, 1.54) is 5.56 Å². The molecule has 10 heteroatoms. The Bertz CT molecular complexity index is 1210. The van der Waals surface area contributed by atoms with Gasteiger partial charge in [0, 0.05) is 45.2 Å². The molecule has 3 aromatic heterocycles. The van der Waals surface area contributed by atoms with Crippen LogP contribution < -0.4 is 9.80 Å². The van der Waals surface area contributed by atoms with Gasteiger partial charge in [-0.2, -0.15) is 9.61 Å². The number of nitrogens with zero attached hydrogens (tertiary/aromatic N) is 7. The molecule has 5 heterocycles. The van der Waals surface area contributed by atoms with Gasteiger partial charge in [0.1, 0.15) is 23.6 Å². The highest BCUT2D eigenvalue weighted by Gasteiger charge is 2.29. The maximum Gasteiger partial charge on any atom is 0.410 e. The van der Waals surface area contributed by atoms with E-state index in [1.807, 2.05) is 25.3 Å². The van der Waals surface area contributed by atoms with Crippen molar-refractivity contribution >= 4 is 46.0 Å². The second-order valence-corrected chi connectivity index (χ2v) is 11.1. The van der Waals surface area contributed by atoms with Crippen LogP contribution in [0.25, 0.3) is 5.65 Å². The van der Waals surface area contributed by atoms with Gasteiger partial charge in [-0.25, -0.2) is 14.8 Å². The highest BCUT2D eigenvalue weighted by atomic mass is 127. The SMILES string of the molecule is CC1CN(c2ccc(I)c3ncnn23)Cc2ccc(N3CCN(C(=O)OC(C)(C)C)CC3)nc21. The topological polar surface area (TPSA) is 79.1 Å². The Morgan fingerprint density at radius 1 is 1.09 bits per heavy atom. The predicted octanol–water partition coefficient (Wildman–Crippen LogP) is 3.91. The van der Waals surface area contributed by atoms with Crippen LogP contribution in [0.3, 0.4) is 0 Å². The maximum atomic E-state index is 12.4. The monoisotopic (exact) mass is 575 g/mol. The van der Waals surface area contributed by atoms with Crippen molar-refractivity contribution in [1.82, 2.24) is 24.5 Å². The minimum Gasteiger partial charge on any atom is -0.444 e. The fourth-order valence-electron chi connectivity index (χ4n) is 4.64. The van der Waals surface area contributed by atoms with Crippen molar-refractivity contribution in [3.63, 3.8) is 0 Å². The molecular formula is C24H30IN7O2. The second kappa shape index (κ2) is 8.86. The van der Waals surface area contributed by atoms with Crippen molar-refractivity contribution in [1.29, 1.82) is 0 Å². The zero-order valence-electron chi connectivity index (χ0n) is 20.0. The first-order valence-corrected chi connectivity index (χ1v) is 12.7. The molecule has 0 aliphatic carbocycles. The molecule has 0 N–H and O–H groups in total. The van der Waals surface area contributed by atoms with Crippen LogP contribution in [0.2, 0.25) is 0 Å². The molecular weight excluding hydrogens is 545 g/mol. The van der Waals surface area contributed by atoms with E-state index < -0.39 is 5.60 Å². The van der Waals surface area contributed by atoms with Crippen molar-refractivity contribution in [3.05, 3.63) is 45.4 Å². The number of pyridine rings is 2. The highest BCUT2D eigenvalue weighted by Crippen LogP contribution is 2.32. The van der Waals surface area contributed by atoms with Gasteiger partial charge in [-0.15, -0.1) is 0 Å². The Labute approximate surface area is 213 Å². The van der Waals surface area contributed by atoms with E-state index in [0.717, 1.165) is 52.7 Å². The predicted molar refractivity (Wildman–Crippen MR) is 139 cm³/mol. The van der Waals surface area contributed by atoms with Crippen LogP contribution in [0.4, 0.5) is 16.4 Å². The fourth-order valence-corrected chi connectivity index (χ4v) is 5.19. The molecule has 3 aromatic rings. The zero-order chi connectivity index (χ0) is 24.0. The average Bonchev–Trinajstić information content (AvgIpc) is 3.29. The molecule has 1 saturated heterocycles. The van der Waals surface area contributed by atoms with E-state index in [-0.39, 0.29) is 12.0 Å². The smallest absolute Gasteiger partial charge is 0.410 e. The van der Waals surface area contributed by atoms with Crippen molar-refractivity contribution in [2.75, 3.05) is 42.5 Å². The average molecular weight is 575 g/mol. The summed E-state index contributed by atoms with van der Waals surface area (Å²) in [5, 5.41) is 4.45.